The van der Waals surface area contributed by atoms with Gasteiger partial charge in [-0.2, -0.15) is 0 Å². The number of amides is 1. The zero-order valence-electron chi connectivity index (χ0n) is 7.66. The minimum Gasteiger partial charge on any atom is -0.463 e. The Balaban J connectivity index is 4.06. The van der Waals surface area contributed by atoms with Crippen LogP contribution in [-0.4, -0.2) is 36.5 Å². The predicted octanol–water partition coefficient (Wildman–Crippen LogP) is -1.45. The van der Waals surface area contributed by atoms with E-state index >= 15 is 0 Å². The van der Waals surface area contributed by atoms with E-state index in [1.165, 1.54) is 6.92 Å². The Kier molecular flexibility index (Phi) is 5.82. The number of hydrogen-bond acceptors (Lipinski definition) is 5. The highest BCUT2D eigenvalue weighted by molar-refractivity contribution is 5.82. The molecule has 0 unspecified atom stereocenters. The summed E-state index contributed by atoms with van der Waals surface area (Å²) in [4.78, 5) is 21.7. The van der Waals surface area contributed by atoms with Crippen molar-refractivity contribution >= 4 is 11.9 Å². The number of ether oxygens (including phenoxy) is 1. The molecule has 1 atom stereocenters. The quantitative estimate of drug-likeness (QED) is 0.364. The fourth-order valence-electron chi connectivity index (χ4n) is 0.713. The Morgan fingerprint density at radius 1 is 1.54 bits per heavy atom. The topological polar surface area (TPSA) is 87.7 Å². The molecule has 0 rings (SSSR count). The van der Waals surface area contributed by atoms with E-state index in [4.69, 9.17) is 5.11 Å². The second kappa shape index (κ2) is 6.38. The van der Waals surface area contributed by atoms with E-state index in [1.54, 1.807) is 6.92 Å². The first-order valence-corrected chi connectivity index (χ1v) is 3.89. The number of aliphatic hydroxyl groups excluding tert-OH is 1. The molecule has 6 nitrogen and oxygen atoms in total. The van der Waals surface area contributed by atoms with Crippen molar-refractivity contribution in [2.45, 2.75) is 20.0 Å². The molecule has 0 aromatic heterocycles. The van der Waals surface area contributed by atoms with Crippen molar-refractivity contribution in [3.8, 4) is 0 Å². The van der Waals surface area contributed by atoms with Crippen molar-refractivity contribution in [2.24, 2.45) is 0 Å². The van der Waals surface area contributed by atoms with Crippen LogP contribution in [0.25, 0.3) is 0 Å². The summed E-state index contributed by atoms with van der Waals surface area (Å²) in [6.45, 7) is 2.73. The van der Waals surface area contributed by atoms with Gasteiger partial charge in [-0.25, -0.2) is 4.79 Å². The number of nitrogens with one attached hydrogen (secondary N) is 2. The van der Waals surface area contributed by atoms with Crippen LogP contribution in [0, 0.1) is 0 Å². The summed E-state index contributed by atoms with van der Waals surface area (Å²) >= 11 is 0. The van der Waals surface area contributed by atoms with Gasteiger partial charge in [0.2, 0.25) is 5.91 Å². The summed E-state index contributed by atoms with van der Waals surface area (Å²) in [7, 11) is 0. The Bertz CT molecular complexity index is 183. The highest BCUT2D eigenvalue weighted by Gasteiger charge is 2.18. The lowest BCUT2D eigenvalue weighted by molar-refractivity contribution is -0.148. The fraction of sp³-hybridized carbons (Fsp3) is 0.714. The molecule has 0 bridgehead atoms. The zero-order valence-corrected chi connectivity index (χ0v) is 7.66. The van der Waals surface area contributed by atoms with E-state index in [9.17, 15) is 9.59 Å². The van der Waals surface area contributed by atoms with Gasteiger partial charge >= 0.3 is 5.97 Å². The number of hydrogen-bond donors (Lipinski definition) is 3. The van der Waals surface area contributed by atoms with Crippen molar-refractivity contribution in [1.82, 2.24) is 10.6 Å². The lowest BCUT2D eigenvalue weighted by atomic mass is 10.4. The molecule has 0 radical (unpaired) electrons. The van der Waals surface area contributed by atoms with Gasteiger partial charge in [0.25, 0.3) is 0 Å². The fourth-order valence-corrected chi connectivity index (χ4v) is 0.713. The third kappa shape index (κ3) is 5.15. The average molecular weight is 190 g/mol. The summed E-state index contributed by atoms with van der Waals surface area (Å²) in [6.07, 6.45) is -0.984. The molecule has 0 spiro atoms. The SMILES string of the molecule is CCOC(=O)[C@H](NCO)NC(C)=O. The molecule has 0 fully saturated rings. The van der Waals surface area contributed by atoms with E-state index in [-0.39, 0.29) is 12.5 Å². The number of carbonyl (C=O) groups is 2. The number of carbonyl (C=O) groups excluding carboxylic acids is 2. The lowest BCUT2D eigenvalue weighted by Crippen LogP contribution is -2.51. The summed E-state index contributed by atoms with van der Waals surface area (Å²) < 4.78 is 4.63. The molecular formula is C7H14N2O4. The zero-order chi connectivity index (χ0) is 10.3. The van der Waals surface area contributed by atoms with Crippen LogP contribution >= 0.6 is 0 Å². The standard InChI is InChI=1S/C7H14N2O4/c1-3-13-7(12)6(8-4-10)9-5(2)11/h6,8,10H,3-4H2,1-2H3,(H,9,11)/t6-/m1/s1. The summed E-state index contributed by atoms with van der Waals surface area (Å²) in [5.41, 5.74) is 0. The molecule has 6 heteroatoms. The van der Waals surface area contributed by atoms with E-state index in [0.717, 1.165) is 0 Å². The van der Waals surface area contributed by atoms with Gasteiger partial charge in [0.05, 0.1) is 13.3 Å². The summed E-state index contributed by atoms with van der Waals surface area (Å²) in [5.74, 6) is -0.995. The Morgan fingerprint density at radius 3 is 2.54 bits per heavy atom. The molecule has 0 aromatic rings. The van der Waals surface area contributed by atoms with Crippen molar-refractivity contribution in [3.05, 3.63) is 0 Å². The molecule has 13 heavy (non-hydrogen) atoms. The van der Waals surface area contributed by atoms with E-state index in [2.05, 4.69) is 15.4 Å². The maximum absolute atomic E-state index is 11.1. The Morgan fingerprint density at radius 2 is 2.15 bits per heavy atom. The van der Waals surface area contributed by atoms with E-state index in [1.807, 2.05) is 0 Å². The van der Waals surface area contributed by atoms with Crippen molar-refractivity contribution in [3.63, 3.8) is 0 Å². The number of rotatable bonds is 5. The molecule has 1 amide bonds. The molecule has 0 aliphatic rings. The van der Waals surface area contributed by atoms with Crippen molar-refractivity contribution in [1.29, 1.82) is 0 Å². The van der Waals surface area contributed by atoms with Crippen LogP contribution in [0.1, 0.15) is 13.8 Å². The molecule has 0 saturated heterocycles. The highest BCUT2D eigenvalue weighted by Crippen LogP contribution is 1.85. The smallest absolute Gasteiger partial charge is 0.343 e. The van der Waals surface area contributed by atoms with Gasteiger partial charge in [-0.3, -0.25) is 10.1 Å². The molecular weight excluding hydrogens is 176 g/mol. The Labute approximate surface area is 76.3 Å². The molecule has 0 heterocycles. The predicted molar refractivity (Wildman–Crippen MR) is 44.5 cm³/mol. The van der Waals surface area contributed by atoms with Crippen molar-refractivity contribution < 1.29 is 19.4 Å². The maximum atomic E-state index is 11.1. The van der Waals surface area contributed by atoms with Gasteiger partial charge in [-0.05, 0) is 6.92 Å². The Hall–Kier alpha value is -1.14. The lowest BCUT2D eigenvalue weighted by Gasteiger charge is -2.15. The molecule has 0 saturated carbocycles. The van der Waals surface area contributed by atoms with Crippen LogP contribution in [-0.2, 0) is 14.3 Å². The first-order valence-electron chi connectivity index (χ1n) is 3.89. The van der Waals surface area contributed by atoms with Gasteiger partial charge < -0.3 is 15.2 Å². The molecule has 76 valence electrons. The minimum atomic E-state index is -0.984. The summed E-state index contributed by atoms with van der Waals surface area (Å²) in [6, 6.07) is 0. The summed E-state index contributed by atoms with van der Waals surface area (Å²) in [5, 5.41) is 13.1. The number of aliphatic hydroxyl groups is 1. The third-order valence-corrected chi connectivity index (χ3v) is 1.17. The van der Waals surface area contributed by atoms with Gasteiger partial charge in [0.15, 0.2) is 6.17 Å². The maximum Gasteiger partial charge on any atom is 0.343 e. The number of esters is 1. The second-order valence-corrected chi connectivity index (χ2v) is 2.25. The van der Waals surface area contributed by atoms with Crippen LogP contribution in [0.3, 0.4) is 0 Å². The normalized spacial score (nSPS) is 11.9. The third-order valence-electron chi connectivity index (χ3n) is 1.17. The van der Waals surface area contributed by atoms with Crippen LogP contribution in [0.15, 0.2) is 0 Å². The van der Waals surface area contributed by atoms with E-state index < -0.39 is 18.9 Å². The first kappa shape index (κ1) is 11.9. The van der Waals surface area contributed by atoms with E-state index in [0.29, 0.717) is 0 Å². The second-order valence-electron chi connectivity index (χ2n) is 2.25. The van der Waals surface area contributed by atoms with Crippen LogP contribution in [0.4, 0.5) is 0 Å². The van der Waals surface area contributed by atoms with Crippen LogP contribution < -0.4 is 10.6 Å². The van der Waals surface area contributed by atoms with Gasteiger partial charge in [-0.1, -0.05) is 0 Å². The molecule has 3 N–H and O–H groups in total. The largest absolute Gasteiger partial charge is 0.463 e. The first-order chi connectivity index (χ1) is 6.11. The molecule has 0 aliphatic carbocycles. The highest BCUT2D eigenvalue weighted by atomic mass is 16.5. The molecule has 0 aromatic carbocycles. The van der Waals surface area contributed by atoms with Crippen LogP contribution in [0.5, 0.6) is 0 Å². The minimum absolute atomic E-state index is 0.224. The molecule has 0 aliphatic heterocycles. The van der Waals surface area contributed by atoms with Gasteiger partial charge in [0, 0.05) is 6.92 Å². The van der Waals surface area contributed by atoms with Crippen molar-refractivity contribution in [2.75, 3.05) is 13.3 Å². The average Bonchev–Trinajstić information content (AvgIpc) is 2.03. The van der Waals surface area contributed by atoms with Gasteiger partial charge in [0.1, 0.15) is 0 Å². The van der Waals surface area contributed by atoms with Gasteiger partial charge in [-0.15, -0.1) is 0 Å². The van der Waals surface area contributed by atoms with Crippen LogP contribution in [0.2, 0.25) is 0 Å². The monoisotopic (exact) mass is 190 g/mol.